The van der Waals surface area contributed by atoms with Crippen molar-refractivity contribution in [2.45, 2.75) is 91.9 Å². The Balaban J connectivity index is 0.000000261. The van der Waals surface area contributed by atoms with Crippen LogP contribution in [-0.4, -0.2) is 42.0 Å². The van der Waals surface area contributed by atoms with Crippen molar-refractivity contribution in [3.8, 4) is 0 Å². The molecule has 1 aliphatic rings. The Morgan fingerprint density at radius 3 is 1.78 bits per heavy atom. The second kappa shape index (κ2) is 23.0. The van der Waals surface area contributed by atoms with Crippen LogP contribution in [0.4, 0.5) is 0 Å². The van der Waals surface area contributed by atoms with Crippen LogP contribution in [0.1, 0.15) is 110 Å². The minimum atomic E-state index is -0.0156. The second-order valence-electron chi connectivity index (χ2n) is 13.6. The summed E-state index contributed by atoms with van der Waals surface area (Å²) in [5.74, 6) is 1.67. The minimum absolute atomic E-state index is 0.0156. The number of allylic oxidation sites excluding steroid dienone is 2. The summed E-state index contributed by atoms with van der Waals surface area (Å²) in [5.41, 5.74) is 8.88. The van der Waals surface area contributed by atoms with Crippen molar-refractivity contribution in [2.24, 2.45) is 5.92 Å². The number of amides is 2. The molecule has 0 aliphatic heterocycles. The van der Waals surface area contributed by atoms with Gasteiger partial charge in [-0.15, -0.1) is 0 Å². The molecule has 2 N–H and O–H groups in total. The number of aryl methyl sites for hydroxylation is 2. The third kappa shape index (κ3) is 13.9. The van der Waals surface area contributed by atoms with Gasteiger partial charge in [0.25, 0.3) is 5.91 Å². The molecule has 0 aromatic heterocycles. The van der Waals surface area contributed by atoms with Gasteiger partial charge in [0.2, 0.25) is 6.41 Å². The van der Waals surface area contributed by atoms with Gasteiger partial charge in [-0.3, -0.25) is 9.59 Å². The van der Waals surface area contributed by atoms with E-state index in [1.54, 1.807) is 5.56 Å². The van der Waals surface area contributed by atoms with Crippen LogP contribution in [0, 0.1) is 19.8 Å². The SMILES string of the molecule is CCC(C)CCc1c(C)cccc1C.CCC(O)=C1CCC1.O=CNCCN(CCC(c1ccccc1)c1ccccc1)C(=O)c1ccccc1. The number of nitrogens with one attached hydrogen (secondary N) is 1. The summed E-state index contributed by atoms with van der Waals surface area (Å²) in [4.78, 5) is 25.5. The molecule has 1 unspecified atom stereocenters. The maximum absolute atomic E-state index is 13.0. The molecule has 1 aliphatic carbocycles. The first-order valence-corrected chi connectivity index (χ1v) is 18.8. The zero-order chi connectivity index (χ0) is 36.8. The average Bonchev–Trinajstić information content (AvgIpc) is 3.14. The maximum atomic E-state index is 13.0. The van der Waals surface area contributed by atoms with Gasteiger partial charge in [-0.05, 0) is 104 Å². The van der Waals surface area contributed by atoms with Gasteiger partial charge >= 0.3 is 0 Å². The molecule has 272 valence electrons. The number of hydrogen-bond donors (Lipinski definition) is 2. The number of carbonyl (C=O) groups is 2. The van der Waals surface area contributed by atoms with Crippen LogP contribution in [-0.2, 0) is 11.2 Å². The maximum Gasteiger partial charge on any atom is 0.253 e. The van der Waals surface area contributed by atoms with Crippen LogP contribution >= 0.6 is 0 Å². The number of benzene rings is 4. The van der Waals surface area contributed by atoms with Gasteiger partial charge in [0.1, 0.15) is 0 Å². The highest BCUT2D eigenvalue weighted by Gasteiger charge is 2.20. The van der Waals surface area contributed by atoms with E-state index in [0.717, 1.165) is 31.6 Å². The Morgan fingerprint density at radius 1 is 0.784 bits per heavy atom. The van der Waals surface area contributed by atoms with E-state index in [4.69, 9.17) is 5.11 Å². The topological polar surface area (TPSA) is 69.6 Å². The molecule has 0 saturated heterocycles. The predicted octanol–water partition coefficient (Wildman–Crippen LogP) is 10.8. The van der Waals surface area contributed by atoms with Crippen LogP contribution < -0.4 is 5.32 Å². The molecular formula is C46H60N2O3. The summed E-state index contributed by atoms with van der Waals surface area (Å²) in [6.07, 6.45) is 9.70. The number of hydrogen-bond acceptors (Lipinski definition) is 3. The molecule has 51 heavy (non-hydrogen) atoms. The fourth-order valence-electron chi connectivity index (χ4n) is 6.25. The van der Waals surface area contributed by atoms with Gasteiger partial charge in [0.15, 0.2) is 0 Å². The molecule has 1 saturated carbocycles. The van der Waals surface area contributed by atoms with Crippen LogP contribution in [0.3, 0.4) is 0 Å². The summed E-state index contributed by atoms with van der Waals surface area (Å²) < 4.78 is 0. The van der Waals surface area contributed by atoms with Crippen molar-refractivity contribution in [3.05, 3.63) is 154 Å². The zero-order valence-corrected chi connectivity index (χ0v) is 31.6. The van der Waals surface area contributed by atoms with Gasteiger partial charge in [-0.2, -0.15) is 0 Å². The highest BCUT2D eigenvalue weighted by molar-refractivity contribution is 5.94. The van der Waals surface area contributed by atoms with E-state index < -0.39 is 0 Å². The molecule has 4 aromatic rings. The summed E-state index contributed by atoms with van der Waals surface area (Å²) in [7, 11) is 0. The zero-order valence-electron chi connectivity index (χ0n) is 31.6. The Labute approximate surface area is 307 Å². The monoisotopic (exact) mass is 688 g/mol. The molecule has 5 rings (SSSR count). The van der Waals surface area contributed by atoms with E-state index >= 15 is 0 Å². The average molecular weight is 689 g/mol. The third-order valence-corrected chi connectivity index (χ3v) is 9.94. The number of carbonyl (C=O) groups excluding carboxylic acids is 2. The van der Waals surface area contributed by atoms with Crippen LogP contribution in [0.2, 0.25) is 0 Å². The van der Waals surface area contributed by atoms with Gasteiger partial charge in [-0.25, -0.2) is 0 Å². The van der Waals surface area contributed by atoms with E-state index in [1.165, 1.54) is 53.5 Å². The van der Waals surface area contributed by atoms with Gasteiger partial charge in [0.05, 0.1) is 5.76 Å². The lowest BCUT2D eigenvalue weighted by atomic mass is 9.88. The standard InChI is InChI=1S/C25H26N2O2.C14H22.C7H12O/c28-20-26-17-19-27(25(29)23-14-8-3-9-15-23)18-16-24(21-10-4-1-5-11-21)22-12-6-2-7-13-22;1-5-11(2)9-10-14-12(3)7-6-8-13(14)4;1-2-7(8)6-4-3-5-6/h1-15,20,24H,16-19H2,(H,26,28);6-8,11H,5,9-10H2,1-4H3;8H,2-5H2,1H3. The molecule has 4 aromatic carbocycles. The van der Waals surface area contributed by atoms with E-state index in [0.29, 0.717) is 37.4 Å². The van der Waals surface area contributed by atoms with Gasteiger partial charge in [-0.1, -0.05) is 124 Å². The van der Waals surface area contributed by atoms with Gasteiger partial charge < -0.3 is 15.3 Å². The second-order valence-corrected chi connectivity index (χ2v) is 13.6. The molecule has 0 radical (unpaired) electrons. The van der Waals surface area contributed by atoms with Crippen LogP contribution in [0.15, 0.2) is 121 Å². The quantitative estimate of drug-likeness (QED) is 0.0742. The normalized spacial score (nSPS) is 12.3. The first-order chi connectivity index (χ1) is 24.8. The fourth-order valence-corrected chi connectivity index (χ4v) is 6.25. The molecule has 0 spiro atoms. The predicted molar refractivity (Wildman–Crippen MR) is 213 cm³/mol. The van der Waals surface area contributed by atoms with E-state index in [2.05, 4.69) is 75.5 Å². The lowest BCUT2D eigenvalue weighted by molar-refractivity contribution is -0.109. The summed E-state index contributed by atoms with van der Waals surface area (Å²) >= 11 is 0. The molecule has 1 atom stereocenters. The van der Waals surface area contributed by atoms with E-state index in [1.807, 2.05) is 78.6 Å². The van der Waals surface area contributed by atoms with Crippen LogP contribution in [0.25, 0.3) is 0 Å². The highest BCUT2D eigenvalue weighted by atomic mass is 16.3. The molecule has 5 nitrogen and oxygen atoms in total. The first kappa shape index (κ1) is 40.8. The van der Waals surface area contributed by atoms with Crippen molar-refractivity contribution in [3.63, 3.8) is 0 Å². The Kier molecular flexibility index (Phi) is 18.4. The largest absolute Gasteiger partial charge is 0.512 e. The Bertz CT molecular complexity index is 1530. The molecule has 0 heterocycles. The number of aliphatic hydroxyl groups excluding tert-OH is 1. The summed E-state index contributed by atoms with van der Waals surface area (Å²) in [5, 5.41) is 11.7. The van der Waals surface area contributed by atoms with Crippen molar-refractivity contribution >= 4 is 12.3 Å². The van der Waals surface area contributed by atoms with E-state index in [9.17, 15) is 9.59 Å². The number of nitrogens with zero attached hydrogens (tertiary/aromatic N) is 1. The van der Waals surface area contributed by atoms with Crippen LogP contribution in [0.5, 0.6) is 0 Å². The number of aliphatic hydroxyl groups is 1. The van der Waals surface area contributed by atoms with Crippen molar-refractivity contribution in [2.75, 3.05) is 19.6 Å². The molecule has 1 fully saturated rings. The molecule has 5 heteroatoms. The van der Waals surface area contributed by atoms with Crippen molar-refractivity contribution in [1.29, 1.82) is 0 Å². The highest BCUT2D eigenvalue weighted by Crippen LogP contribution is 2.29. The fraction of sp³-hybridized carbons (Fsp3) is 0.391. The summed E-state index contributed by atoms with van der Waals surface area (Å²) in [6, 6.07) is 36.6. The smallest absolute Gasteiger partial charge is 0.253 e. The lowest BCUT2D eigenvalue weighted by Crippen LogP contribution is -2.38. The Hall–Kier alpha value is -4.64. The van der Waals surface area contributed by atoms with Crippen molar-refractivity contribution < 1.29 is 14.7 Å². The third-order valence-electron chi connectivity index (χ3n) is 9.94. The molecular weight excluding hydrogens is 629 g/mol. The summed E-state index contributed by atoms with van der Waals surface area (Å²) in [6.45, 7) is 12.6. The minimum Gasteiger partial charge on any atom is -0.512 e. The van der Waals surface area contributed by atoms with Gasteiger partial charge in [0, 0.05) is 37.5 Å². The van der Waals surface area contributed by atoms with Crippen molar-refractivity contribution in [1.82, 2.24) is 10.2 Å². The lowest BCUT2D eigenvalue weighted by Gasteiger charge is -2.26. The first-order valence-electron chi connectivity index (χ1n) is 18.8. The number of rotatable bonds is 15. The molecule has 2 amide bonds. The van der Waals surface area contributed by atoms with E-state index in [-0.39, 0.29) is 11.8 Å². The Morgan fingerprint density at radius 2 is 1.33 bits per heavy atom. The molecule has 0 bridgehead atoms.